The van der Waals surface area contributed by atoms with Gasteiger partial charge < -0.3 is 15.2 Å². The number of ether oxygens (including phenoxy) is 1. The summed E-state index contributed by atoms with van der Waals surface area (Å²) in [5.74, 6) is -0.900. The third-order valence-electron chi connectivity index (χ3n) is 3.20. The lowest BCUT2D eigenvalue weighted by Crippen LogP contribution is -2.44. The molecule has 0 amide bonds. The molecule has 1 aromatic rings. The molecular formula is C14H20N2O3. The lowest BCUT2D eigenvalue weighted by Gasteiger charge is -2.26. The van der Waals surface area contributed by atoms with Crippen molar-refractivity contribution in [3.63, 3.8) is 0 Å². The van der Waals surface area contributed by atoms with Crippen LogP contribution in [0.5, 0.6) is 0 Å². The Morgan fingerprint density at radius 2 is 2.16 bits per heavy atom. The third-order valence-corrected chi connectivity index (χ3v) is 3.20. The average Bonchev–Trinajstić information content (AvgIpc) is 2.45. The fourth-order valence-electron chi connectivity index (χ4n) is 2.11. The minimum atomic E-state index is -0.900. The molecule has 2 N–H and O–H groups in total. The van der Waals surface area contributed by atoms with Crippen molar-refractivity contribution in [2.75, 3.05) is 39.3 Å². The van der Waals surface area contributed by atoms with Gasteiger partial charge >= 0.3 is 5.97 Å². The van der Waals surface area contributed by atoms with Crippen LogP contribution < -0.4 is 5.32 Å². The number of hydrogen-bond donors (Lipinski definition) is 2. The maximum absolute atomic E-state index is 10.8. The molecule has 0 saturated carbocycles. The van der Waals surface area contributed by atoms with E-state index in [1.165, 1.54) is 0 Å². The van der Waals surface area contributed by atoms with E-state index in [2.05, 4.69) is 10.2 Å². The molecule has 5 heteroatoms. The van der Waals surface area contributed by atoms with Crippen molar-refractivity contribution in [1.29, 1.82) is 0 Å². The second-order valence-electron chi connectivity index (χ2n) is 4.65. The van der Waals surface area contributed by atoms with E-state index in [0.29, 0.717) is 18.8 Å². The number of carboxylic acid groups (broad SMARTS) is 1. The summed E-state index contributed by atoms with van der Waals surface area (Å²) in [4.78, 5) is 13.2. The van der Waals surface area contributed by atoms with E-state index in [1.54, 1.807) is 18.2 Å². The van der Waals surface area contributed by atoms with Crippen LogP contribution in [-0.2, 0) is 11.3 Å². The monoisotopic (exact) mass is 264 g/mol. The first-order chi connectivity index (χ1) is 9.25. The van der Waals surface area contributed by atoms with Gasteiger partial charge in [-0.15, -0.1) is 0 Å². The third kappa shape index (κ3) is 4.63. The van der Waals surface area contributed by atoms with E-state index in [-0.39, 0.29) is 0 Å². The molecule has 1 aliphatic rings. The fourth-order valence-corrected chi connectivity index (χ4v) is 2.11. The average molecular weight is 264 g/mol. The number of rotatable bonds is 6. The van der Waals surface area contributed by atoms with Crippen molar-refractivity contribution in [2.24, 2.45) is 0 Å². The molecule has 1 aliphatic heterocycles. The SMILES string of the molecule is O=C(O)c1cccc(COCCN2CCNCC2)c1. The number of nitrogens with one attached hydrogen (secondary N) is 1. The molecule has 0 aromatic heterocycles. The molecule has 2 rings (SSSR count). The van der Waals surface area contributed by atoms with Gasteiger partial charge in [-0.2, -0.15) is 0 Å². The molecule has 1 heterocycles. The highest BCUT2D eigenvalue weighted by Gasteiger charge is 2.08. The highest BCUT2D eigenvalue weighted by atomic mass is 16.5. The van der Waals surface area contributed by atoms with Crippen molar-refractivity contribution in [2.45, 2.75) is 6.61 Å². The quantitative estimate of drug-likeness (QED) is 0.744. The van der Waals surface area contributed by atoms with Gasteiger partial charge in [-0.05, 0) is 17.7 Å². The number of nitrogens with zero attached hydrogens (tertiary/aromatic N) is 1. The summed E-state index contributed by atoms with van der Waals surface area (Å²) in [5.41, 5.74) is 1.21. The van der Waals surface area contributed by atoms with E-state index in [4.69, 9.17) is 9.84 Å². The Hall–Kier alpha value is -1.43. The van der Waals surface area contributed by atoms with Gasteiger partial charge in [-0.1, -0.05) is 12.1 Å². The minimum absolute atomic E-state index is 0.309. The van der Waals surface area contributed by atoms with E-state index < -0.39 is 5.97 Å². The Balaban J connectivity index is 1.70. The van der Waals surface area contributed by atoms with Crippen LogP contribution >= 0.6 is 0 Å². The van der Waals surface area contributed by atoms with Crippen molar-refractivity contribution >= 4 is 5.97 Å². The molecule has 1 aromatic carbocycles. The Bertz CT molecular complexity index is 417. The molecule has 0 bridgehead atoms. The predicted molar refractivity (Wildman–Crippen MR) is 72.4 cm³/mol. The molecule has 0 aliphatic carbocycles. The van der Waals surface area contributed by atoms with Gasteiger partial charge in [-0.25, -0.2) is 4.79 Å². The number of carboxylic acids is 1. The maximum Gasteiger partial charge on any atom is 0.335 e. The highest BCUT2D eigenvalue weighted by molar-refractivity contribution is 5.87. The molecular weight excluding hydrogens is 244 g/mol. The lowest BCUT2D eigenvalue weighted by molar-refractivity contribution is 0.0695. The van der Waals surface area contributed by atoms with E-state index in [1.807, 2.05) is 6.07 Å². The lowest BCUT2D eigenvalue weighted by atomic mass is 10.1. The smallest absolute Gasteiger partial charge is 0.335 e. The van der Waals surface area contributed by atoms with E-state index in [9.17, 15) is 4.79 Å². The molecule has 5 nitrogen and oxygen atoms in total. The van der Waals surface area contributed by atoms with Gasteiger partial charge in [0.1, 0.15) is 0 Å². The zero-order valence-corrected chi connectivity index (χ0v) is 11.0. The Morgan fingerprint density at radius 1 is 1.37 bits per heavy atom. The van der Waals surface area contributed by atoms with Crippen LogP contribution in [0.4, 0.5) is 0 Å². The van der Waals surface area contributed by atoms with Crippen LogP contribution in [0, 0.1) is 0 Å². The Kier molecular flexibility index (Phi) is 5.32. The first kappa shape index (κ1) is 14.0. The molecule has 0 spiro atoms. The van der Waals surface area contributed by atoms with Gasteiger partial charge in [0.05, 0.1) is 18.8 Å². The summed E-state index contributed by atoms with van der Waals surface area (Å²) in [6, 6.07) is 6.88. The second-order valence-corrected chi connectivity index (χ2v) is 4.65. The predicted octanol–water partition coefficient (Wildman–Crippen LogP) is 0.807. The summed E-state index contributed by atoms with van der Waals surface area (Å²) in [7, 11) is 0. The van der Waals surface area contributed by atoms with Gasteiger partial charge in [0.15, 0.2) is 0 Å². The Labute approximate surface area is 113 Å². The highest BCUT2D eigenvalue weighted by Crippen LogP contribution is 2.06. The van der Waals surface area contributed by atoms with Crippen LogP contribution in [0.15, 0.2) is 24.3 Å². The number of hydrogen-bond acceptors (Lipinski definition) is 4. The number of benzene rings is 1. The minimum Gasteiger partial charge on any atom is -0.478 e. The molecule has 0 atom stereocenters. The van der Waals surface area contributed by atoms with Crippen molar-refractivity contribution < 1.29 is 14.6 Å². The zero-order valence-electron chi connectivity index (χ0n) is 11.0. The largest absolute Gasteiger partial charge is 0.478 e. The van der Waals surface area contributed by atoms with Gasteiger partial charge in [0, 0.05) is 32.7 Å². The number of carbonyl (C=O) groups is 1. The van der Waals surface area contributed by atoms with Crippen LogP contribution in [0.1, 0.15) is 15.9 Å². The summed E-state index contributed by atoms with van der Waals surface area (Å²) in [5, 5.41) is 12.2. The van der Waals surface area contributed by atoms with E-state index >= 15 is 0 Å². The number of aromatic carboxylic acids is 1. The summed E-state index contributed by atoms with van der Waals surface area (Å²) >= 11 is 0. The molecule has 104 valence electrons. The van der Waals surface area contributed by atoms with Crippen LogP contribution in [0.3, 0.4) is 0 Å². The summed E-state index contributed by atoms with van der Waals surface area (Å²) in [6.07, 6.45) is 0. The molecule has 0 radical (unpaired) electrons. The molecule has 1 saturated heterocycles. The topological polar surface area (TPSA) is 61.8 Å². The second kappa shape index (κ2) is 7.23. The fraction of sp³-hybridized carbons (Fsp3) is 0.500. The summed E-state index contributed by atoms with van der Waals surface area (Å²) < 4.78 is 5.60. The van der Waals surface area contributed by atoms with E-state index in [0.717, 1.165) is 38.3 Å². The summed E-state index contributed by atoms with van der Waals surface area (Å²) in [6.45, 7) is 6.29. The van der Waals surface area contributed by atoms with Gasteiger partial charge in [0.25, 0.3) is 0 Å². The molecule has 0 unspecified atom stereocenters. The van der Waals surface area contributed by atoms with Crippen LogP contribution in [0.25, 0.3) is 0 Å². The van der Waals surface area contributed by atoms with Gasteiger partial charge in [-0.3, -0.25) is 4.90 Å². The maximum atomic E-state index is 10.8. The first-order valence-corrected chi connectivity index (χ1v) is 6.59. The van der Waals surface area contributed by atoms with Crippen molar-refractivity contribution in [3.05, 3.63) is 35.4 Å². The van der Waals surface area contributed by atoms with Gasteiger partial charge in [0.2, 0.25) is 0 Å². The Morgan fingerprint density at radius 3 is 2.89 bits per heavy atom. The van der Waals surface area contributed by atoms with Crippen LogP contribution in [0.2, 0.25) is 0 Å². The van der Waals surface area contributed by atoms with Crippen LogP contribution in [-0.4, -0.2) is 55.3 Å². The van der Waals surface area contributed by atoms with Crippen molar-refractivity contribution in [3.8, 4) is 0 Å². The zero-order chi connectivity index (χ0) is 13.5. The molecule has 1 fully saturated rings. The number of piperazine rings is 1. The molecule has 19 heavy (non-hydrogen) atoms. The normalized spacial score (nSPS) is 16.4. The first-order valence-electron chi connectivity index (χ1n) is 6.59. The standard InChI is InChI=1S/C14H20N2O3/c17-14(18)13-3-1-2-12(10-13)11-19-9-8-16-6-4-15-5-7-16/h1-3,10,15H,4-9,11H2,(H,17,18). The van der Waals surface area contributed by atoms with Crippen molar-refractivity contribution in [1.82, 2.24) is 10.2 Å².